The topological polar surface area (TPSA) is 67.2 Å². The van der Waals surface area contributed by atoms with E-state index in [9.17, 15) is 4.79 Å². The number of anilines is 2. The van der Waals surface area contributed by atoms with Gasteiger partial charge in [-0.3, -0.25) is 4.79 Å². The van der Waals surface area contributed by atoms with Crippen LogP contribution in [0.25, 0.3) is 0 Å². The van der Waals surface area contributed by atoms with Crippen LogP contribution in [0.5, 0.6) is 0 Å². The summed E-state index contributed by atoms with van der Waals surface area (Å²) in [7, 11) is 0. The van der Waals surface area contributed by atoms with Gasteiger partial charge in [-0.15, -0.1) is 0 Å². The Bertz CT molecular complexity index is 771. The molecule has 0 aliphatic heterocycles. The van der Waals surface area contributed by atoms with Crippen molar-refractivity contribution < 1.29 is 4.79 Å². The van der Waals surface area contributed by atoms with E-state index in [1.54, 1.807) is 12.1 Å². The second-order valence-electron chi connectivity index (χ2n) is 5.84. The van der Waals surface area contributed by atoms with Crippen molar-refractivity contribution in [1.29, 1.82) is 0 Å². The number of primary amides is 1. The van der Waals surface area contributed by atoms with Crippen LogP contribution in [0.1, 0.15) is 21.5 Å². The van der Waals surface area contributed by atoms with Crippen LogP contribution in [0, 0.1) is 0 Å². The van der Waals surface area contributed by atoms with E-state index in [1.807, 2.05) is 42.5 Å². The third-order valence-corrected chi connectivity index (χ3v) is 3.90. The predicted molar refractivity (Wildman–Crippen MR) is 102 cm³/mol. The van der Waals surface area contributed by atoms with Crippen molar-refractivity contribution in [2.24, 2.45) is 5.73 Å². The van der Waals surface area contributed by atoms with Crippen LogP contribution in [0.3, 0.4) is 0 Å². The monoisotopic (exact) mass is 331 g/mol. The Labute approximate surface area is 147 Å². The molecule has 0 aromatic heterocycles. The van der Waals surface area contributed by atoms with Crippen LogP contribution in [-0.2, 0) is 13.1 Å². The lowest BCUT2D eigenvalue weighted by molar-refractivity contribution is 0.100. The summed E-state index contributed by atoms with van der Waals surface area (Å²) >= 11 is 0. The summed E-state index contributed by atoms with van der Waals surface area (Å²) in [5, 5.41) is 6.69. The van der Waals surface area contributed by atoms with Crippen molar-refractivity contribution in [2.45, 2.75) is 13.1 Å². The molecule has 0 heterocycles. The Morgan fingerprint density at radius 1 is 0.720 bits per heavy atom. The summed E-state index contributed by atoms with van der Waals surface area (Å²) in [6, 6.07) is 25.8. The SMILES string of the molecule is NC(=O)c1cc(NCc2ccccc2)cc(NCc2ccccc2)c1. The molecule has 25 heavy (non-hydrogen) atoms. The molecule has 0 aliphatic rings. The van der Waals surface area contributed by atoms with Gasteiger partial charge in [-0.2, -0.15) is 0 Å². The van der Waals surface area contributed by atoms with Gasteiger partial charge < -0.3 is 16.4 Å². The van der Waals surface area contributed by atoms with Crippen molar-refractivity contribution in [3.05, 3.63) is 95.6 Å². The summed E-state index contributed by atoms with van der Waals surface area (Å²) in [6.45, 7) is 1.36. The minimum atomic E-state index is -0.439. The molecule has 0 atom stereocenters. The lowest BCUT2D eigenvalue weighted by atomic mass is 10.1. The molecule has 3 aromatic carbocycles. The molecule has 0 radical (unpaired) electrons. The second-order valence-corrected chi connectivity index (χ2v) is 5.84. The van der Waals surface area contributed by atoms with Gasteiger partial charge in [0.15, 0.2) is 0 Å². The van der Waals surface area contributed by atoms with Gasteiger partial charge in [0, 0.05) is 30.0 Å². The number of hydrogen-bond acceptors (Lipinski definition) is 3. The number of benzene rings is 3. The van der Waals surface area contributed by atoms with Crippen LogP contribution < -0.4 is 16.4 Å². The molecular formula is C21H21N3O. The third-order valence-electron chi connectivity index (χ3n) is 3.90. The van der Waals surface area contributed by atoms with Crippen molar-refractivity contribution in [3.8, 4) is 0 Å². The zero-order valence-electron chi connectivity index (χ0n) is 13.9. The van der Waals surface area contributed by atoms with E-state index in [2.05, 4.69) is 34.9 Å². The maximum Gasteiger partial charge on any atom is 0.248 e. The van der Waals surface area contributed by atoms with Gasteiger partial charge in [-0.05, 0) is 29.3 Å². The summed E-state index contributed by atoms with van der Waals surface area (Å²) in [5.74, 6) is -0.439. The minimum absolute atomic E-state index is 0.439. The van der Waals surface area contributed by atoms with Crippen LogP contribution >= 0.6 is 0 Å². The Balaban J connectivity index is 1.73. The average Bonchev–Trinajstić information content (AvgIpc) is 2.66. The number of nitrogens with one attached hydrogen (secondary N) is 2. The average molecular weight is 331 g/mol. The first kappa shape index (κ1) is 16.6. The summed E-state index contributed by atoms with van der Waals surface area (Å²) in [6.07, 6.45) is 0. The number of nitrogens with two attached hydrogens (primary N) is 1. The van der Waals surface area contributed by atoms with E-state index >= 15 is 0 Å². The van der Waals surface area contributed by atoms with Crippen LogP contribution in [0.4, 0.5) is 11.4 Å². The number of amides is 1. The first-order valence-corrected chi connectivity index (χ1v) is 8.21. The smallest absolute Gasteiger partial charge is 0.248 e. The number of carbonyl (C=O) groups excluding carboxylic acids is 1. The van der Waals surface area contributed by atoms with E-state index in [-0.39, 0.29) is 0 Å². The van der Waals surface area contributed by atoms with E-state index in [1.165, 1.54) is 11.1 Å². The molecule has 0 unspecified atom stereocenters. The number of hydrogen-bond donors (Lipinski definition) is 3. The normalized spacial score (nSPS) is 10.2. The molecule has 4 heteroatoms. The standard InChI is InChI=1S/C21H21N3O/c22-21(25)18-11-19(23-14-16-7-3-1-4-8-16)13-20(12-18)24-15-17-9-5-2-6-10-17/h1-13,23-24H,14-15H2,(H2,22,25). The van der Waals surface area contributed by atoms with Crippen molar-refractivity contribution in [1.82, 2.24) is 0 Å². The highest BCUT2D eigenvalue weighted by atomic mass is 16.1. The fourth-order valence-electron chi connectivity index (χ4n) is 2.57. The van der Waals surface area contributed by atoms with E-state index in [0.29, 0.717) is 18.7 Å². The van der Waals surface area contributed by atoms with Gasteiger partial charge in [-0.25, -0.2) is 0 Å². The molecule has 1 amide bonds. The first-order valence-electron chi connectivity index (χ1n) is 8.21. The maximum atomic E-state index is 11.6. The zero-order valence-corrected chi connectivity index (χ0v) is 13.9. The van der Waals surface area contributed by atoms with Gasteiger partial charge in [0.2, 0.25) is 5.91 Å². The number of rotatable bonds is 7. The molecule has 4 N–H and O–H groups in total. The highest BCUT2D eigenvalue weighted by molar-refractivity contribution is 5.95. The summed E-state index contributed by atoms with van der Waals surface area (Å²) in [4.78, 5) is 11.6. The van der Waals surface area contributed by atoms with E-state index in [0.717, 1.165) is 11.4 Å². The summed E-state index contributed by atoms with van der Waals surface area (Å²) in [5.41, 5.74) is 10.0. The van der Waals surface area contributed by atoms with Gasteiger partial charge in [0.05, 0.1) is 0 Å². The van der Waals surface area contributed by atoms with Crippen LogP contribution in [0.15, 0.2) is 78.9 Å². The lowest BCUT2D eigenvalue weighted by Crippen LogP contribution is -2.12. The van der Waals surface area contributed by atoms with Gasteiger partial charge in [0.1, 0.15) is 0 Å². The Kier molecular flexibility index (Phi) is 5.32. The minimum Gasteiger partial charge on any atom is -0.381 e. The molecular weight excluding hydrogens is 310 g/mol. The fraction of sp³-hybridized carbons (Fsp3) is 0.0952. The summed E-state index contributed by atoms with van der Waals surface area (Å²) < 4.78 is 0. The largest absolute Gasteiger partial charge is 0.381 e. The van der Waals surface area contributed by atoms with Crippen molar-refractivity contribution in [2.75, 3.05) is 10.6 Å². The third kappa shape index (κ3) is 4.85. The second kappa shape index (κ2) is 8.02. The molecule has 0 fully saturated rings. The Morgan fingerprint density at radius 2 is 1.16 bits per heavy atom. The Hall–Kier alpha value is -3.27. The maximum absolute atomic E-state index is 11.6. The van der Waals surface area contributed by atoms with Crippen molar-refractivity contribution >= 4 is 17.3 Å². The van der Waals surface area contributed by atoms with Gasteiger partial charge in [0.25, 0.3) is 0 Å². The highest BCUT2D eigenvalue weighted by Crippen LogP contribution is 2.20. The quantitative estimate of drug-likeness (QED) is 0.613. The molecule has 4 nitrogen and oxygen atoms in total. The Morgan fingerprint density at radius 3 is 1.56 bits per heavy atom. The molecule has 0 bridgehead atoms. The molecule has 3 aromatic rings. The van der Waals surface area contributed by atoms with E-state index in [4.69, 9.17) is 5.73 Å². The molecule has 0 aliphatic carbocycles. The highest BCUT2D eigenvalue weighted by Gasteiger charge is 2.06. The predicted octanol–water partition coefficient (Wildman–Crippen LogP) is 4.01. The van der Waals surface area contributed by atoms with Crippen LogP contribution in [-0.4, -0.2) is 5.91 Å². The lowest BCUT2D eigenvalue weighted by Gasteiger charge is -2.12. The van der Waals surface area contributed by atoms with Crippen LogP contribution in [0.2, 0.25) is 0 Å². The zero-order chi connectivity index (χ0) is 17.5. The first-order chi connectivity index (χ1) is 12.2. The molecule has 3 rings (SSSR count). The molecule has 0 saturated carbocycles. The molecule has 0 saturated heterocycles. The molecule has 0 spiro atoms. The fourth-order valence-corrected chi connectivity index (χ4v) is 2.57. The molecule has 126 valence electrons. The van der Waals surface area contributed by atoms with Crippen molar-refractivity contribution in [3.63, 3.8) is 0 Å². The van der Waals surface area contributed by atoms with E-state index < -0.39 is 5.91 Å². The van der Waals surface area contributed by atoms with Gasteiger partial charge in [-0.1, -0.05) is 60.7 Å². The van der Waals surface area contributed by atoms with Gasteiger partial charge >= 0.3 is 0 Å². The number of carbonyl (C=O) groups is 1.